The van der Waals surface area contributed by atoms with Crippen molar-refractivity contribution in [3.05, 3.63) is 58.7 Å². The number of aryl methyl sites for hydroxylation is 1. The first kappa shape index (κ1) is 23.8. The molecule has 2 N–H and O–H groups in total. The van der Waals surface area contributed by atoms with Gasteiger partial charge >= 0.3 is 5.97 Å². The molecule has 164 valence electrons. The van der Waals surface area contributed by atoms with Crippen molar-refractivity contribution in [3.63, 3.8) is 0 Å². The fourth-order valence-electron chi connectivity index (χ4n) is 3.76. The van der Waals surface area contributed by atoms with Crippen molar-refractivity contribution in [1.29, 1.82) is 0 Å². The van der Waals surface area contributed by atoms with E-state index >= 15 is 0 Å². The molecule has 0 aliphatic rings. The molecule has 1 unspecified atom stereocenters. The van der Waals surface area contributed by atoms with Crippen LogP contribution in [0.4, 0.5) is 0 Å². The molecule has 0 aliphatic heterocycles. The van der Waals surface area contributed by atoms with Gasteiger partial charge < -0.3 is 14.9 Å². The summed E-state index contributed by atoms with van der Waals surface area (Å²) in [6.45, 7) is 6.87. The SMILES string of the molecule is CCCCCCCCCCOc1cc(O)c(C(=O)O)cc1C(C)c1cccc(C)c1. The molecular weight excluding hydrogens is 376 g/mol. The highest BCUT2D eigenvalue weighted by Crippen LogP contribution is 2.37. The summed E-state index contributed by atoms with van der Waals surface area (Å²) in [5, 5.41) is 19.6. The lowest BCUT2D eigenvalue weighted by atomic mass is 9.90. The molecule has 4 heteroatoms. The molecule has 0 radical (unpaired) electrons. The van der Waals surface area contributed by atoms with Crippen LogP contribution in [0.5, 0.6) is 11.5 Å². The van der Waals surface area contributed by atoms with Gasteiger partial charge in [-0.05, 0) is 25.0 Å². The van der Waals surface area contributed by atoms with E-state index in [4.69, 9.17) is 4.74 Å². The number of aromatic hydroxyl groups is 1. The predicted molar refractivity (Wildman–Crippen MR) is 122 cm³/mol. The Kier molecular flexibility index (Phi) is 9.72. The van der Waals surface area contributed by atoms with Crippen molar-refractivity contribution >= 4 is 5.97 Å². The molecule has 1 atom stereocenters. The van der Waals surface area contributed by atoms with E-state index in [1.165, 1.54) is 44.6 Å². The van der Waals surface area contributed by atoms with Crippen LogP contribution in [0.25, 0.3) is 0 Å². The first-order valence-corrected chi connectivity index (χ1v) is 11.2. The molecule has 30 heavy (non-hydrogen) atoms. The van der Waals surface area contributed by atoms with Gasteiger partial charge in [-0.15, -0.1) is 0 Å². The molecule has 2 aromatic carbocycles. The average molecular weight is 413 g/mol. The van der Waals surface area contributed by atoms with Gasteiger partial charge in [-0.1, -0.05) is 88.6 Å². The van der Waals surface area contributed by atoms with Crippen LogP contribution in [-0.4, -0.2) is 22.8 Å². The number of carboxylic acid groups (broad SMARTS) is 1. The Labute approximate surface area is 180 Å². The van der Waals surface area contributed by atoms with Gasteiger partial charge in [0.05, 0.1) is 6.61 Å². The van der Waals surface area contributed by atoms with Crippen molar-refractivity contribution in [2.24, 2.45) is 0 Å². The lowest BCUT2D eigenvalue weighted by molar-refractivity contribution is 0.0693. The molecule has 0 saturated carbocycles. The Morgan fingerprint density at radius 2 is 1.67 bits per heavy atom. The van der Waals surface area contributed by atoms with E-state index in [9.17, 15) is 15.0 Å². The van der Waals surface area contributed by atoms with Gasteiger partial charge in [0.2, 0.25) is 0 Å². The molecule has 0 saturated heterocycles. The zero-order chi connectivity index (χ0) is 21.9. The number of benzene rings is 2. The van der Waals surface area contributed by atoms with E-state index in [0.29, 0.717) is 12.4 Å². The number of aromatic carboxylic acids is 1. The topological polar surface area (TPSA) is 66.8 Å². The highest BCUT2D eigenvalue weighted by atomic mass is 16.5. The van der Waals surface area contributed by atoms with Crippen LogP contribution in [0.1, 0.15) is 98.2 Å². The first-order chi connectivity index (χ1) is 14.4. The van der Waals surface area contributed by atoms with Gasteiger partial charge in [0.1, 0.15) is 17.1 Å². The molecule has 2 aromatic rings. The molecule has 0 fully saturated rings. The molecule has 0 spiro atoms. The maximum absolute atomic E-state index is 11.5. The summed E-state index contributed by atoms with van der Waals surface area (Å²) in [6.07, 6.45) is 9.76. The summed E-state index contributed by atoms with van der Waals surface area (Å²) in [5.41, 5.74) is 2.94. The second kappa shape index (κ2) is 12.3. The molecule has 2 rings (SSSR count). The molecule has 0 heterocycles. The molecule has 0 bridgehead atoms. The van der Waals surface area contributed by atoms with Crippen LogP contribution in [0.15, 0.2) is 36.4 Å². The zero-order valence-corrected chi connectivity index (χ0v) is 18.6. The lowest BCUT2D eigenvalue weighted by Gasteiger charge is -2.19. The predicted octanol–water partition coefficient (Wildman–Crippen LogP) is 7.07. The van der Waals surface area contributed by atoms with Crippen LogP contribution >= 0.6 is 0 Å². The van der Waals surface area contributed by atoms with E-state index in [2.05, 4.69) is 13.0 Å². The number of hydrogen-bond acceptors (Lipinski definition) is 3. The quantitative estimate of drug-likeness (QED) is 0.345. The number of unbranched alkanes of at least 4 members (excludes halogenated alkanes) is 7. The van der Waals surface area contributed by atoms with Crippen molar-refractivity contribution in [2.75, 3.05) is 6.61 Å². The van der Waals surface area contributed by atoms with Crippen molar-refractivity contribution < 1.29 is 19.7 Å². The zero-order valence-electron chi connectivity index (χ0n) is 18.6. The first-order valence-electron chi connectivity index (χ1n) is 11.2. The summed E-state index contributed by atoms with van der Waals surface area (Å²) in [4.78, 5) is 11.5. The lowest BCUT2D eigenvalue weighted by Crippen LogP contribution is -2.07. The number of ether oxygens (including phenoxy) is 1. The van der Waals surface area contributed by atoms with E-state index in [1.54, 1.807) is 6.07 Å². The van der Waals surface area contributed by atoms with Gasteiger partial charge in [0.25, 0.3) is 0 Å². The maximum atomic E-state index is 11.5. The van der Waals surface area contributed by atoms with Crippen LogP contribution < -0.4 is 4.74 Å². The molecule has 4 nitrogen and oxygen atoms in total. The van der Waals surface area contributed by atoms with Crippen molar-refractivity contribution in [1.82, 2.24) is 0 Å². The van der Waals surface area contributed by atoms with Crippen molar-refractivity contribution in [3.8, 4) is 11.5 Å². The minimum atomic E-state index is -1.14. The van der Waals surface area contributed by atoms with Crippen LogP contribution in [0, 0.1) is 6.92 Å². The summed E-state index contributed by atoms with van der Waals surface area (Å²) in [5.74, 6) is -0.875. The van der Waals surface area contributed by atoms with Crippen LogP contribution in [0.3, 0.4) is 0 Å². The summed E-state index contributed by atoms with van der Waals surface area (Å²) in [7, 11) is 0. The minimum absolute atomic E-state index is 0.0443. The number of rotatable bonds is 13. The van der Waals surface area contributed by atoms with E-state index in [0.717, 1.165) is 29.5 Å². The van der Waals surface area contributed by atoms with Gasteiger partial charge in [0.15, 0.2) is 0 Å². The molecule has 0 amide bonds. The summed E-state index contributed by atoms with van der Waals surface area (Å²) in [6, 6.07) is 11.2. The Bertz CT molecular complexity index is 813. The smallest absolute Gasteiger partial charge is 0.339 e. The molecule has 0 aromatic heterocycles. The highest BCUT2D eigenvalue weighted by molar-refractivity contribution is 5.91. The van der Waals surface area contributed by atoms with Crippen LogP contribution in [0.2, 0.25) is 0 Å². The standard InChI is InChI=1S/C26H36O4/c1-4-5-6-7-8-9-10-11-15-30-25-18-24(27)23(26(28)29)17-22(25)20(3)21-14-12-13-19(2)16-21/h12-14,16-18,20,27H,4-11,15H2,1-3H3,(H,28,29). The Hall–Kier alpha value is -2.49. The van der Waals surface area contributed by atoms with Crippen LogP contribution in [-0.2, 0) is 0 Å². The Morgan fingerprint density at radius 1 is 1.00 bits per heavy atom. The Morgan fingerprint density at radius 3 is 2.30 bits per heavy atom. The summed E-state index contributed by atoms with van der Waals surface area (Å²) < 4.78 is 6.02. The number of carboxylic acids is 1. The van der Waals surface area contributed by atoms with Gasteiger partial charge in [-0.25, -0.2) is 4.79 Å². The fraction of sp³-hybridized carbons (Fsp3) is 0.500. The third-order valence-corrected chi connectivity index (χ3v) is 5.62. The van der Waals surface area contributed by atoms with Crippen molar-refractivity contribution in [2.45, 2.75) is 78.1 Å². The monoisotopic (exact) mass is 412 g/mol. The summed E-state index contributed by atoms with van der Waals surface area (Å²) >= 11 is 0. The minimum Gasteiger partial charge on any atom is -0.507 e. The highest BCUT2D eigenvalue weighted by Gasteiger charge is 2.20. The number of carbonyl (C=O) groups is 1. The van der Waals surface area contributed by atoms with Gasteiger partial charge in [-0.3, -0.25) is 0 Å². The second-order valence-corrected chi connectivity index (χ2v) is 8.17. The number of phenols is 1. The van der Waals surface area contributed by atoms with E-state index in [-0.39, 0.29) is 17.2 Å². The fourth-order valence-corrected chi connectivity index (χ4v) is 3.76. The largest absolute Gasteiger partial charge is 0.507 e. The number of hydrogen-bond donors (Lipinski definition) is 2. The molecule has 0 aliphatic carbocycles. The third-order valence-electron chi connectivity index (χ3n) is 5.62. The molecular formula is C26H36O4. The average Bonchev–Trinajstić information content (AvgIpc) is 2.72. The third kappa shape index (κ3) is 7.08. The normalized spacial score (nSPS) is 12.0. The van der Waals surface area contributed by atoms with E-state index < -0.39 is 5.97 Å². The second-order valence-electron chi connectivity index (χ2n) is 8.17. The maximum Gasteiger partial charge on any atom is 0.339 e. The van der Waals surface area contributed by atoms with Gasteiger partial charge in [-0.2, -0.15) is 0 Å². The van der Waals surface area contributed by atoms with E-state index in [1.807, 2.05) is 32.0 Å². The van der Waals surface area contributed by atoms with Gasteiger partial charge in [0, 0.05) is 17.5 Å². The Balaban J connectivity index is 2.05.